The third-order valence-corrected chi connectivity index (χ3v) is 3.07. The summed E-state index contributed by atoms with van der Waals surface area (Å²) >= 11 is 0. The van der Waals surface area contributed by atoms with Crippen molar-refractivity contribution in [3.8, 4) is 0 Å². The third-order valence-electron chi connectivity index (χ3n) is 3.07. The molecule has 0 saturated carbocycles. The second-order valence-corrected chi connectivity index (χ2v) is 4.42. The highest BCUT2D eigenvalue weighted by molar-refractivity contribution is 5.72. The minimum atomic E-state index is -0.565. The van der Waals surface area contributed by atoms with Gasteiger partial charge in [-0.15, -0.1) is 0 Å². The summed E-state index contributed by atoms with van der Waals surface area (Å²) in [7, 11) is 1.67. The molecule has 0 amide bonds. The highest BCUT2D eigenvalue weighted by atomic mass is 19.1. The van der Waals surface area contributed by atoms with E-state index in [1.165, 1.54) is 21.8 Å². The number of rotatable bonds is 2. The van der Waals surface area contributed by atoms with Crippen LogP contribution in [-0.4, -0.2) is 19.3 Å². The highest BCUT2D eigenvalue weighted by Gasteiger charge is 2.10. The van der Waals surface area contributed by atoms with Crippen molar-refractivity contribution in [1.82, 2.24) is 19.3 Å². The van der Waals surface area contributed by atoms with Gasteiger partial charge in [0, 0.05) is 12.6 Å². The first kappa shape index (κ1) is 12.5. The van der Waals surface area contributed by atoms with Crippen molar-refractivity contribution in [2.45, 2.75) is 6.54 Å². The number of benzene rings is 1. The third kappa shape index (κ3) is 1.97. The monoisotopic (exact) mass is 276 g/mol. The van der Waals surface area contributed by atoms with E-state index in [1.54, 1.807) is 7.05 Å². The van der Waals surface area contributed by atoms with Gasteiger partial charge in [0.2, 0.25) is 0 Å². The van der Waals surface area contributed by atoms with Crippen LogP contribution in [0.4, 0.5) is 8.78 Å². The maximum Gasteiger partial charge on any atom is 0.264 e. The zero-order valence-corrected chi connectivity index (χ0v) is 10.5. The second-order valence-electron chi connectivity index (χ2n) is 4.42. The van der Waals surface area contributed by atoms with Gasteiger partial charge in [-0.05, 0) is 18.2 Å². The minimum absolute atomic E-state index is 0.0831. The van der Waals surface area contributed by atoms with E-state index < -0.39 is 11.6 Å². The summed E-state index contributed by atoms with van der Waals surface area (Å²) in [5.74, 6) is -1.12. The molecule has 2 heterocycles. The van der Waals surface area contributed by atoms with Gasteiger partial charge in [0.1, 0.15) is 23.3 Å². The summed E-state index contributed by atoms with van der Waals surface area (Å²) in [6.45, 7) is -0.0831. The molecule has 0 fully saturated rings. The predicted molar refractivity (Wildman–Crippen MR) is 68.2 cm³/mol. The lowest BCUT2D eigenvalue weighted by atomic mass is 10.2. The lowest BCUT2D eigenvalue weighted by Gasteiger charge is -2.06. The van der Waals surface area contributed by atoms with Crippen LogP contribution in [0.2, 0.25) is 0 Å². The Morgan fingerprint density at radius 2 is 2.10 bits per heavy atom. The van der Waals surface area contributed by atoms with E-state index in [2.05, 4.69) is 10.1 Å². The van der Waals surface area contributed by atoms with E-state index in [1.807, 2.05) is 0 Å². The van der Waals surface area contributed by atoms with Crippen molar-refractivity contribution in [2.24, 2.45) is 7.05 Å². The Hall–Kier alpha value is -2.57. The molecule has 0 N–H and O–H groups in total. The maximum atomic E-state index is 13.6. The van der Waals surface area contributed by atoms with Gasteiger partial charge in [-0.2, -0.15) is 5.10 Å². The number of aryl methyl sites for hydroxylation is 1. The van der Waals surface area contributed by atoms with Crippen LogP contribution >= 0.6 is 0 Å². The van der Waals surface area contributed by atoms with Crippen molar-refractivity contribution in [3.63, 3.8) is 0 Å². The van der Waals surface area contributed by atoms with E-state index in [0.29, 0.717) is 11.0 Å². The van der Waals surface area contributed by atoms with Crippen molar-refractivity contribution in [2.75, 3.05) is 0 Å². The quantitative estimate of drug-likeness (QED) is 0.712. The van der Waals surface area contributed by atoms with Crippen LogP contribution in [0.25, 0.3) is 11.0 Å². The van der Waals surface area contributed by atoms with Crippen LogP contribution in [0.3, 0.4) is 0 Å². The Balaban J connectivity index is 2.09. The number of hydrogen-bond donors (Lipinski definition) is 0. The lowest BCUT2D eigenvalue weighted by molar-refractivity contribution is 0.574. The summed E-state index contributed by atoms with van der Waals surface area (Å²) < 4.78 is 29.4. The van der Waals surface area contributed by atoms with E-state index in [-0.39, 0.29) is 17.7 Å². The van der Waals surface area contributed by atoms with Gasteiger partial charge in [0.25, 0.3) is 5.56 Å². The molecule has 102 valence electrons. The maximum absolute atomic E-state index is 13.6. The fourth-order valence-corrected chi connectivity index (χ4v) is 2.03. The fraction of sp³-hybridized carbons (Fsp3) is 0.154. The van der Waals surface area contributed by atoms with Gasteiger partial charge in [-0.1, -0.05) is 0 Å². The van der Waals surface area contributed by atoms with Crippen LogP contribution in [0, 0.1) is 11.6 Å². The molecule has 3 rings (SSSR count). The Labute approximate surface area is 112 Å². The SMILES string of the molecule is Cn1ncc2c(=O)n(Cc3cc(F)ccc3F)cnc21. The topological polar surface area (TPSA) is 52.7 Å². The Morgan fingerprint density at radius 1 is 1.30 bits per heavy atom. The molecule has 5 nitrogen and oxygen atoms in total. The number of aromatic nitrogens is 4. The molecule has 0 bridgehead atoms. The molecule has 2 aromatic heterocycles. The van der Waals surface area contributed by atoms with Crippen LogP contribution in [-0.2, 0) is 13.6 Å². The highest BCUT2D eigenvalue weighted by Crippen LogP contribution is 2.11. The predicted octanol–water partition coefficient (Wildman–Crippen LogP) is 1.46. The number of nitrogens with zero attached hydrogens (tertiary/aromatic N) is 4. The summed E-state index contributed by atoms with van der Waals surface area (Å²) in [4.78, 5) is 16.3. The molecule has 0 aliphatic carbocycles. The second kappa shape index (κ2) is 4.52. The molecule has 1 aromatic carbocycles. The van der Waals surface area contributed by atoms with Gasteiger partial charge in [0.15, 0.2) is 5.65 Å². The number of fused-ring (bicyclic) bond motifs is 1. The Bertz CT molecular complexity index is 853. The zero-order valence-electron chi connectivity index (χ0n) is 10.5. The molecule has 0 unspecified atom stereocenters. The lowest BCUT2D eigenvalue weighted by Crippen LogP contribution is -2.21. The summed E-state index contributed by atoms with van der Waals surface area (Å²) in [5.41, 5.74) is 0.204. The van der Waals surface area contributed by atoms with Crippen LogP contribution in [0.5, 0.6) is 0 Å². The fourth-order valence-electron chi connectivity index (χ4n) is 2.03. The van der Waals surface area contributed by atoms with Gasteiger partial charge >= 0.3 is 0 Å². The van der Waals surface area contributed by atoms with Gasteiger partial charge < -0.3 is 0 Å². The van der Waals surface area contributed by atoms with Crippen molar-refractivity contribution < 1.29 is 8.78 Å². The number of halogens is 2. The normalized spacial score (nSPS) is 11.2. The summed E-state index contributed by atoms with van der Waals surface area (Å²) in [6, 6.07) is 3.13. The molecular formula is C13H10F2N4O. The molecule has 0 saturated heterocycles. The van der Waals surface area contributed by atoms with Gasteiger partial charge in [-0.3, -0.25) is 14.0 Å². The van der Waals surface area contributed by atoms with E-state index in [0.717, 1.165) is 18.2 Å². The minimum Gasteiger partial charge on any atom is -0.294 e. The molecular weight excluding hydrogens is 266 g/mol. The molecule has 3 aromatic rings. The van der Waals surface area contributed by atoms with Crippen LogP contribution in [0.15, 0.2) is 35.5 Å². The van der Waals surface area contributed by atoms with Crippen molar-refractivity contribution >= 4 is 11.0 Å². The van der Waals surface area contributed by atoms with E-state index in [4.69, 9.17) is 0 Å². The molecule has 0 aliphatic heterocycles. The molecule has 0 spiro atoms. The average Bonchev–Trinajstić information content (AvgIpc) is 2.79. The summed E-state index contributed by atoms with van der Waals surface area (Å²) in [6.07, 6.45) is 2.71. The molecule has 0 aliphatic rings. The van der Waals surface area contributed by atoms with Crippen LogP contribution in [0.1, 0.15) is 5.56 Å². The van der Waals surface area contributed by atoms with Crippen molar-refractivity contribution in [3.05, 3.63) is 58.3 Å². The largest absolute Gasteiger partial charge is 0.294 e. The first-order valence-electron chi connectivity index (χ1n) is 5.87. The molecule has 0 radical (unpaired) electrons. The van der Waals surface area contributed by atoms with Crippen LogP contribution < -0.4 is 5.56 Å². The van der Waals surface area contributed by atoms with E-state index >= 15 is 0 Å². The van der Waals surface area contributed by atoms with Gasteiger partial charge in [0.05, 0.1) is 12.7 Å². The number of hydrogen-bond acceptors (Lipinski definition) is 3. The molecule has 20 heavy (non-hydrogen) atoms. The smallest absolute Gasteiger partial charge is 0.264 e. The Morgan fingerprint density at radius 3 is 2.90 bits per heavy atom. The average molecular weight is 276 g/mol. The summed E-state index contributed by atoms with van der Waals surface area (Å²) in [5, 5.41) is 4.28. The van der Waals surface area contributed by atoms with Gasteiger partial charge in [-0.25, -0.2) is 13.8 Å². The zero-order chi connectivity index (χ0) is 14.3. The standard InChI is InChI=1S/C13H10F2N4O/c1-18-12-10(5-17-18)13(20)19(7-16-12)6-8-4-9(14)2-3-11(8)15/h2-5,7H,6H2,1H3. The molecule has 0 atom stereocenters. The van der Waals surface area contributed by atoms with E-state index in [9.17, 15) is 13.6 Å². The van der Waals surface area contributed by atoms with Crippen molar-refractivity contribution in [1.29, 1.82) is 0 Å². The Kier molecular flexibility index (Phi) is 2.81. The molecule has 7 heteroatoms. The first-order valence-corrected chi connectivity index (χ1v) is 5.87. The first-order chi connectivity index (χ1) is 9.56.